The van der Waals surface area contributed by atoms with Gasteiger partial charge in [-0.25, -0.2) is 0 Å². The van der Waals surface area contributed by atoms with Crippen molar-refractivity contribution < 1.29 is 4.79 Å². The Balaban J connectivity index is 0.00000324. The molecule has 0 aliphatic rings. The average molecular weight is 302 g/mol. The largest absolute Gasteiger partial charge is 0.387 e. The molecule has 0 saturated heterocycles. The van der Waals surface area contributed by atoms with Crippen molar-refractivity contribution >= 4 is 41.6 Å². The molecular weight excluding hydrogens is 282 g/mol. The van der Waals surface area contributed by atoms with Crippen molar-refractivity contribution in [1.29, 1.82) is 5.41 Å². The van der Waals surface area contributed by atoms with Gasteiger partial charge < -0.3 is 11.1 Å². The maximum Gasteiger partial charge on any atom is 0.229 e. The summed E-state index contributed by atoms with van der Waals surface area (Å²) in [6.45, 7) is 5.62. The highest BCUT2D eigenvalue weighted by molar-refractivity contribution is 8.00. The first kappa shape index (κ1) is 17.8. The molecule has 1 aromatic carbocycles. The number of rotatable bonds is 4. The minimum absolute atomic E-state index is 0. The fourth-order valence-electron chi connectivity index (χ4n) is 1.11. The molecular formula is C13H20ClN3OS. The zero-order valence-corrected chi connectivity index (χ0v) is 13.0. The number of carbonyl (C=O) groups is 1. The second-order valence-corrected chi connectivity index (χ2v) is 6.09. The summed E-state index contributed by atoms with van der Waals surface area (Å²) >= 11 is 1.50. The molecule has 0 fully saturated rings. The molecule has 4 nitrogen and oxygen atoms in total. The predicted molar refractivity (Wildman–Crippen MR) is 84.4 cm³/mol. The van der Waals surface area contributed by atoms with Gasteiger partial charge in [-0.2, -0.15) is 0 Å². The smallest absolute Gasteiger partial charge is 0.229 e. The summed E-state index contributed by atoms with van der Waals surface area (Å²) in [6.07, 6.45) is 0. The van der Waals surface area contributed by atoms with Gasteiger partial charge >= 0.3 is 0 Å². The van der Waals surface area contributed by atoms with Gasteiger partial charge in [0.15, 0.2) is 0 Å². The lowest BCUT2D eigenvalue weighted by Gasteiger charge is -2.17. The molecule has 106 valence electrons. The summed E-state index contributed by atoms with van der Waals surface area (Å²) in [6, 6.07) is 7.52. The second-order valence-electron chi connectivity index (χ2n) is 5.04. The predicted octanol–water partition coefficient (Wildman–Crippen LogP) is 3.12. The molecule has 1 rings (SSSR count). The highest BCUT2D eigenvalue weighted by Gasteiger charge is 2.20. The van der Waals surface area contributed by atoms with Crippen molar-refractivity contribution in [3.8, 4) is 0 Å². The number of hydrogen-bond donors (Lipinski definition) is 3. The van der Waals surface area contributed by atoms with Gasteiger partial charge in [0, 0.05) is 16.0 Å². The number of anilines is 1. The molecule has 1 amide bonds. The van der Waals surface area contributed by atoms with E-state index in [0.29, 0.717) is 5.75 Å². The van der Waals surface area contributed by atoms with Crippen molar-refractivity contribution in [3.05, 3.63) is 24.3 Å². The van der Waals surface area contributed by atoms with Gasteiger partial charge in [-0.3, -0.25) is 10.2 Å². The summed E-state index contributed by atoms with van der Waals surface area (Å²) in [5.41, 5.74) is 5.67. The number of nitrogens with two attached hydrogens (primary N) is 1. The lowest BCUT2D eigenvalue weighted by atomic mass is 9.95. The zero-order chi connectivity index (χ0) is 13.8. The SMILES string of the molecule is CC(C)(C)C(=O)Nc1ccc(SCC(=N)N)cc1.Cl. The number of halogens is 1. The Morgan fingerprint density at radius 2 is 1.84 bits per heavy atom. The van der Waals surface area contributed by atoms with Gasteiger partial charge in [0.2, 0.25) is 5.91 Å². The molecule has 6 heteroatoms. The minimum Gasteiger partial charge on any atom is -0.387 e. The van der Waals surface area contributed by atoms with Crippen molar-refractivity contribution in [2.24, 2.45) is 11.1 Å². The third-order valence-corrected chi connectivity index (χ3v) is 3.25. The van der Waals surface area contributed by atoms with Crippen molar-refractivity contribution in [2.75, 3.05) is 11.1 Å². The third-order valence-electron chi connectivity index (χ3n) is 2.19. The Labute approximate surface area is 124 Å². The number of nitrogens with one attached hydrogen (secondary N) is 2. The average Bonchev–Trinajstić information content (AvgIpc) is 2.26. The van der Waals surface area contributed by atoms with Crippen LogP contribution >= 0.6 is 24.2 Å². The summed E-state index contributed by atoms with van der Waals surface area (Å²) in [5.74, 6) is 0.630. The summed E-state index contributed by atoms with van der Waals surface area (Å²) < 4.78 is 0. The van der Waals surface area contributed by atoms with E-state index in [-0.39, 0.29) is 24.1 Å². The molecule has 0 atom stereocenters. The Morgan fingerprint density at radius 3 is 2.26 bits per heavy atom. The first-order valence-corrected chi connectivity index (χ1v) is 6.65. The van der Waals surface area contributed by atoms with Crippen LogP contribution < -0.4 is 11.1 Å². The molecule has 0 radical (unpaired) electrons. The molecule has 0 bridgehead atoms. The van der Waals surface area contributed by atoms with Crippen LogP contribution in [-0.4, -0.2) is 17.5 Å². The fourth-order valence-corrected chi connectivity index (χ4v) is 1.76. The number of thioether (sulfide) groups is 1. The fraction of sp³-hybridized carbons (Fsp3) is 0.385. The van der Waals surface area contributed by atoms with Gasteiger partial charge in [-0.05, 0) is 24.3 Å². The van der Waals surface area contributed by atoms with Crippen LogP contribution in [0.3, 0.4) is 0 Å². The van der Waals surface area contributed by atoms with Gasteiger partial charge in [0.05, 0.1) is 5.75 Å². The summed E-state index contributed by atoms with van der Waals surface area (Å²) in [4.78, 5) is 12.8. The topological polar surface area (TPSA) is 79.0 Å². The van der Waals surface area contributed by atoms with E-state index in [4.69, 9.17) is 11.1 Å². The van der Waals surface area contributed by atoms with E-state index in [0.717, 1.165) is 10.6 Å². The van der Waals surface area contributed by atoms with E-state index in [2.05, 4.69) is 5.32 Å². The Kier molecular flexibility index (Phi) is 6.94. The van der Waals surface area contributed by atoms with Crippen LogP contribution in [0.2, 0.25) is 0 Å². The van der Waals surface area contributed by atoms with Crippen LogP contribution in [0.15, 0.2) is 29.2 Å². The van der Waals surface area contributed by atoms with Crippen LogP contribution in [0.5, 0.6) is 0 Å². The highest BCUT2D eigenvalue weighted by atomic mass is 35.5. The first-order chi connectivity index (χ1) is 8.29. The van der Waals surface area contributed by atoms with E-state index in [9.17, 15) is 4.79 Å². The summed E-state index contributed by atoms with van der Waals surface area (Å²) in [7, 11) is 0. The van der Waals surface area contributed by atoms with Crippen LogP contribution in [-0.2, 0) is 4.79 Å². The van der Waals surface area contributed by atoms with Crippen LogP contribution in [0.25, 0.3) is 0 Å². The van der Waals surface area contributed by atoms with E-state index in [1.807, 2.05) is 45.0 Å². The third kappa shape index (κ3) is 6.50. The van der Waals surface area contributed by atoms with Gasteiger partial charge in [-0.1, -0.05) is 20.8 Å². The molecule has 0 unspecified atom stereocenters. The Morgan fingerprint density at radius 1 is 1.32 bits per heavy atom. The first-order valence-electron chi connectivity index (χ1n) is 5.66. The number of carbonyl (C=O) groups excluding carboxylic acids is 1. The van der Waals surface area contributed by atoms with Gasteiger partial charge in [-0.15, -0.1) is 24.2 Å². The zero-order valence-electron chi connectivity index (χ0n) is 11.3. The molecule has 19 heavy (non-hydrogen) atoms. The number of amidine groups is 1. The number of hydrogen-bond acceptors (Lipinski definition) is 3. The van der Waals surface area contributed by atoms with E-state index < -0.39 is 5.41 Å². The van der Waals surface area contributed by atoms with E-state index in [1.165, 1.54) is 11.8 Å². The standard InChI is InChI=1S/C13H19N3OS.ClH/c1-13(2,3)12(17)16-9-4-6-10(7-5-9)18-8-11(14)15;/h4-7H,8H2,1-3H3,(H3,14,15)(H,16,17);1H. The van der Waals surface area contributed by atoms with Crippen molar-refractivity contribution in [3.63, 3.8) is 0 Å². The molecule has 0 spiro atoms. The summed E-state index contributed by atoms with van der Waals surface area (Å²) in [5, 5.41) is 10.0. The normalized spacial score (nSPS) is 10.5. The molecule has 0 saturated carbocycles. The molecule has 0 aliphatic heterocycles. The van der Waals surface area contributed by atoms with Gasteiger partial charge in [0.25, 0.3) is 0 Å². The van der Waals surface area contributed by atoms with Gasteiger partial charge in [0.1, 0.15) is 5.84 Å². The molecule has 4 N–H and O–H groups in total. The van der Waals surface area contributed by atoms with Crippen molar-refractivity contribution in [1.82, 2.24) is 0 Å². The molecule has 1 aromatic rings. The minimum atomic E-state index is -0.401. The van der Waals surface area contributed by atoms with Crippen LogP contribution in [0, 0.1) is 10.8 Å². The number of benzene rings is 1. The maximum atomic E-state index is 11.8. The second kappa shape index (κ2) is 7.40. The van der Waals surface area contributed by atoms with E-state index in [1.54, 1.807) is 0 Å². The number of amides is 1. The molecule has 0 aliphatic carbocycles. The quantitative estimate of drug-likeness (QED) is 0.454. The lowest BCUT2D eigenvalue weighted by Crippen LogP contribution is -2.27. The molecule has 0 aromatic heterocycles. The van der Waals surface area contributed by atoms with Crippen LogP contribution in [0.1, 0.15) is 20.8 Å². The van der Waals surface area contributed by atoms with Crippen LogP contribution in [0.4, 0.5) is 5.69 Å². The lowest BCUT2D eigenvalue weighted by molar-refractivity contribution is -0.123. The monoisotopic (exact) mass is 301 g/mol. The van der Waals surface area contributed by atoms with E-state index >= 15 is 0 Å². The highest BCUT2D eigenvalue weighted by Crippen LogP contribution is 2.21. The van der Waals surface area contributed by atoms with Crippen molar-refractivity contribution in [2.45, 2.75) is 25.7 Å². The Hall–Kier alpha value is -1.20. The maximum absolute atomic E-state index is 11.8. The Bertz CT molecular complexity index is 440. The molecule has 0 heterocycles.